The maximum atomic E-state index is 14.1. The van der Waals surface area contributed by atoms with Crippen molar-refractivity contribution in [2.75, 3.05) is 0 Å². The SMILES string of the molecule is Cc1ccc([C@@]23Oc4cc(C)cc(C)c4[C@]2(O)c2nc(-c4cccnc4)[nH]c(=O)c2[C@H]3c2ccccc2)cc1. The summed E-state index contributed by atoms with van der Waals surface area (Å²) in [7, 11) is 0. The van der Waals surface area contributed by atoms with E-state index in [9.17, 15) is 9.90 Å². The quantitative estimate of drug-likeness (QED) is 0.336. The molecule has 0 saturated heterocycles. The zero-order valence-corrected chi connectivity index (χ0v) is 21.9. The van der Waals surface area contributed by atoms with Gasteiger partial charge in [0.05, 0.1) is 17.2 Å². The summed E-state index contributed by atoms with van der Waals surface area (Å²) in [6.07, 6.45) is 3.32. The van der Waals surface area contributed by atoms with E-state index in [4.69, 9.17) is 9.72 Å². The van der Waals surface area contributed by atoms with E-state index in [-0.39, 0.29) is 5.56 Å². The van der Waals surface area contributed by atoms with Crippen molar-refractivity contribution in [2.45, 2.75) is 37.9 Å². The van der Waals surface area contributed by atoms with Gasteiger partial charge in [-0.05, 0) is 55.7 Å². The molecule has 192 valence electrons. The van der Waals surface area contributed by atoms with Crippen molar-refractivity contribution in [3.63, 3.8) is 0 Å². The second-order valence-corrected chi connectivity index (χ2v) is 10.6. The zero-order chi connectivity index (χ0) is 26.9. The van der Waals surface area contributed by atoms with Gasteiger partial charge in [0.1, 0.15) is 11.6 Å². The van der Waals surface area contributed by atoms with Gasteiger partial charge in [0.2, 0.25) is 0 Å². The highest BCUT2D eigenvalue weighted by atomic mass is 16.5. The standard InChI is InChI=1S/C33H27N3O3/c1-19-11-13-24(14-12-19)33-28(22-8-5-4-6-9-22)26-29(35-30(36-31(26)37)23-10-7-15-34-18-23)32(33,38)27-21(3)16-20(2)17-25(27)39-33/h4-18,28,38H,1-3H3,(H,35,36,37)/t28-,32+,33+/m1/s1. The molecular formula is C33H27N3O3. The lowest BCUT2D eigenvalue weighted by atomic mass is 9.69. The van der Waals surface area contributed by atoms with Crippen molar-refractivity contribution >= 4 is 0 Å². The predicted octanol–water partition coefficient (Wildman–Crippen LogP) is 5.43. The number of rotatable bonds is 3. The Bertz CT molecular complexity index is 1800. The lowest BCUT2D eigenvalue weighted by Gasteiger charge is -2.40. The van der Waals surface area contributed by atoms with Crippen LogP contribution < -0.4 is 10.3 Å². The third kappa shape index (κ3) is 3.09. The van der Waals surface area contributed by atoms with Crippen molar-refractivity contribution in [1.82, 2.24) is 15.0 Å². The molecule has 1 aliphatic carbocycles. The maximum absolute atomic E-state index is 14.1. The van der Waals surface area contributed by atoms with Gasteiger partial charge in [-0.25, -0.2) is 4.98 Å². The van der Waals surface area contributed by atoms with Crippen LogP contribution in [0.15, 0.2) is 96.1 Å². The number of aliphatic hydroxyl groups is 1. The number of nitrogens with zero attached hydrogens (tertiary/aromatic N) is 2. The van der Waals surface area contributed by atoms with Crippen molar-refractivity contribution in [2.24, 2.45) is 0 Å². The summed E-state index contributed by atoms with van der Waals surface area (Å²) < 4.78 is 7.00. The van der Waals surface area contributed by atoms with Gasteiger partial charge in [0.15, 0.2) is 11.2 Å². The summed E-state index contributed by atoms with van der Waals surface area (Å²) in [5.74, 6) is 0.324. The van der Waals surface area contributed by atoms with Crippen molar-refractivity contribution in [3.05, 3.63) is 146 Å². The average Bonchev–Trinajstić information content (AvgIpc) is 3.32. The molecule has 2 N–H and O–H groups in total. The van der Waals surface area contributed by atoms with Crippen LogP contribution in [0.25, 0.3) is 11.4 Å². The number of fused-ring (bicyclic) bond motifs is 5. The Morgan fingerprint density at radius 2 is 1.69 bits per heavy atom. The highest BCUT2D eigenvalue weighted by Crippen LogP contribution is 2.68. The number of hydrogen-bond donors (Lipinski definition) is 2. The summed E-state index contributed by atoms with van der Waals surface area (Å²) in [5.41, 5.74) is 3.24. The molecule has 7 rings (SSSR count). The third-order valence-electron chi connectivity index (χ3n) is 8.16. The summed E-state index contributed by atoms with van der Waals surface area (Å²) in [4.78, 5) is 26.3. The number of aryl methyl sites for hydroxylation is 3. The molecule has 3 aromatic carbocycles. The second kappa shape index (κ2) is 8.22. The molecule has 3 heterocycles. The number of benzene rings is 3. The predicted molar refractivity (Wildman–Crippen MR) is 149 cm³/mol. The lowest BCUT2D eigenvalue weighted by Crippen LogP contribution is -2.49. The van der Waals surface area contributed by atoms with E-state index in [1.54, 1.807) is 18.5 Å². The van der Waals surface area contributed by atoms with Gasteiger partial charge in [-0.3, -0.25) is 9.78 Å². The Morgan fingerprint density at radius 1 is 0.923 bits per heavy atom. The molecule has 2 aliphatic rings. The van der Waals surface area contributed by atoms with Gasteiger partial charge in [0.25, 0.3) is 5.56 Å². The summed E-state index contributed by atoms with van der Waals surface area (Å²) in [5, 5.41) is 13.3. The van der Waals surface area contributed by atoms with E-state index in [1.807, 2.05) is 93.6 Å². The molecule has 2 aromatic heterocycles. The van der Waals surface area contributed by atoms with Gasteiger partial charge in [-0.2, -0.15) is 0 Å². The largest absolute Gasteiger partial charge is 0.477 e. The van der Waals surface area contributed by atoms with Crippen LogP contribution in [0.5, 0.6) is 5.75 Å². The fraction of sp³-hybridized carbons (Fsp3) is 0.182. The number of aromatic amines is 1. The molecule has 0 amide bonds. The first kappa shape index (κ1) is 23.6. The minimum atomic E-state index is -1.74. The fourth-order valence-corrected chi connectivity index (χ4v) is 6.62. The van der Waals surface area contributed by atoms with Crippen LogP contribution in [-0.2, 0) is 11.2 Å². The van der Waals surface area contributed by atoms with Crippen LogP contribution in [0.1, 0.15) is 50.6 Å². The van der Waals surface area contributed by atoms with E-state index < -0.39 is 17.1 Å². The number of ether oxygens (including phenoxy) is 1. The van der Waals surface area contributed by atoms with Crippen LogP contribution in [0.3, 0.4) is 0 Å². The fourth-order valence-electron chi connectivity index (χ4n) is 6.62. The monoisotopic (exact) mass is 513 g/mol. The second-order valence-electron chi connectivity index (χ2n) is 10.6. The Morgan fingerprint density at radius 3 is 2.41 bits per heavy atom. The molecule has 5 aromatic rings. The molecule has 6 nitrogen and oxygen atoms in total. The van der Waals surface area contributed by atoms with Crippen LogP contribution in [0, 0.1) is 20.8 Å². The first-order valence-corrected chi connectivity index (χ1v) is 13.0. The minimum absolute atomic E-state index is 0.308. The Balaban J connectivity index is 1.65. The molecule has 0 radical (unpaired) electrons. The van der Waals surface area contributed by atoms with Crippen LogP contribution in [0.2, 0.25) is 0 Å². The van der Waals surface area contributed by atoms with Crippen molar-refractivity contribution in [3.8, 4) is 17.1 Å². The topological polar surface area (TPSA) is 88.1 Å². The molecule has 0 saturated carbocycles. The molecule has 0 fully saturated rings. The van der Waals surface area contributed by atoms with Crippen LogP contribution in [-0.4, -0.2) is 20.1 Å². The van der Waals surface area contributed by atoms with Crippen LogP contribution in [0.4, 0.5) is 0 Å². The molecule has 6 heteroatoms. The first-order valence-electron chi connectivity index (χ1n) is 13.0. The number of nitrogens with one attached hydrogen (secondary N) is 1. The normalized spacial score (nSPS) is 22.6. The molecule has 0 bridgehead atoms. The van der Waals surface area contributed by atoms with E-state index >= 15 is 0 Å². The van der Waals surface area contributed by atoms with Gasteiger partial charge >= 0.3 is 0 Å². The maximum Gasteiger partial charge on any atom is 0.255 e. The Labute approximate surface area is 226 Å². The minimum Gasteiger partial charge on any atom is -0.477 e. The summed E-state index contributed by atoms with van der Waals surface area (Å²) >= 11 is 0. The van der Waals surface area contributed by atoms with Crippen LogP contribution >= 0.6 is 0 Å². The van der Waals surface area contributed by atoms with Crippen molar-refractivity contribution < 1.29 is 9.84 Å². The highest BCUT2D eigenvalue weighted by Gasteiger charge is 2.73. The highest BCUT2D eigenvalue weighted by molar-refractivity contribution is 5.67. The van der Waals surface area contributed by atoms with E-state index in [1.165, 1.54) is 0 Å². The number of aromatic nitrogens is 3. The summed E-state index contributed by atoms with van der Waals surface area (Å²) in [6, 6.07) is 25.4. The number of hydrogen-bond acceptors (Lipinski definition) is 5. The van der Waals surface area contributed by atoms with Gasteiger partial charge in [0, 0.05) is 29.1 Å². The molecule has 3 atom stereocenters. The summed E-state index contributed by atoms with van der Waals surface area (Å²) in [6.45, 7) is 6.01. The molecule has 0 spiro atoms. The van der Waals surface area contributed by atoms with Gasteiger partial charge < -0.3 is 14.8 Å². The smallest absolute Gasteiger partial charge is 0.255 e. The third-order valence-corrected chi connectivity index (χ3v) is 8.16. The van der Waals surface area contributed by atoms with Crippen molar-refractivity contribution in [1.29, 1.82) is 0 Å². The molecule has 1 aliphatic heterocycles. The van der Waals surface area contributed by atoms with E-state index in [0.29, 0.717) is 34.0 Å². The Hall–Kier alpha value is -4.55. The van der Waals surface area contributed by atoms with E-state index in [0.717, 1.165) is 27.8 Å². The van der Waals surface area contributed by atoms with Gasteiger partial charge in [-0.1, -0.05) is 66.2 Å². The zero-order valence-electron chi connectivity index (χ0n) is 21.9. The first-order chi connectivity index (χ1) is 18.8. The number of H-pyrrole nitrogens is 1. The van der Waals surface area contributed by atoms with Gasteiger partial charge in [-0.15, -0.1) is 0 Å². The molecular weight excluding hydrogens is 486 g/mol. The molecule has 39 heavy (non-hydrogen) atoms. The lowest BCUT2D eigenvalue weighted by molar-refractivity contribution is -0.0905. The number of pyridine rings is 1. The molecule has 0 unspecified atom stereocenters. The van der Waals surface area contributed by atoms with E-state index in [2.05, 4.69) is 9.97 Å². The Kier molecular flexibility index (Phi) is 4.97. The average molecular weight is 514 g/mol.